The second kappa shape index (κ2) is 7.68. The smallest absolute Gasteiger partial charge is 0.253 e. The average Bonchev–Trinajstić information content (AvgIpc) is 3.00. The number of amides is 2. The molecule has 25 heavy (non-hydrogen) atoms. The van der Waals surface area contributed by atoms with Crippen LogP contribution in [0.25, 0.3) is 0 Å². The van der Waals surface area contributed by atoms with Gasteiger partial charge in [-0.15, -0.1) is 0 Å². The number of nitrogens with zero attached hydrogens (tertiary/aromatic N) is 1. The predicted molar refractivity (Wildman–Crippen MR) is 97.9 cm³/mol. The molecule has 128 valence electrons. The van der Waals surface area contributed by atoms with E-state index in [0.717, 1.165) is 5.56 Å². The maximum atomic E-state index is 12.4. The predicted octanol–water partition coefficient (Wildman–Crippen LogP) is 2.97. The Bertz CT molecular complexity index is 824. The van der Waals surface area contributed by atoms with Gasteiger partial charge < -0.3 is 5.32 Å². The molecule has 1 fully saturated rings. The van der Waals surface area contributed by atoms with Crippen molar-refractivity contribution in [2.75, 3.05) is 6.54 Å². The Balaban J connectivity index is 1.69. The number of carbonyl (C=O) groups is 2. The highest BCUT2D eigenvalue weighted by Crippen LogP contribution is 2.29. The Kier molecular flexibility index (Phi) is 5.36. The molecule has 1 saturated heterocycles. The molecule has 0 bridgehead atoms. The van der Waals surface area contributed by atoms with Gasteiger partial charge in [0.2, 0.25) is 5.91 Å². The first-order valence-electron chi connectivity index (χ1n) is 7.67. The maximum absolute atomic E-state index is 12.4. The van der Waals surface area contributed by atoms with Crippen LogP contribution >= 0.6 is 23.2 Å². The van der Waals surface area contributed by atoms with E-state index in [1.807, 2.05) is 30.3 Å². The fourth-order valence-electron chi connectivity index (χ4n) is 2.77. The zero-order valence-electron chi connectivity index (χ0n) is 13.1. The fourth-order valence-corrected chi connectivity index (χ4v) is 3.07. The molecule has 2 N–H and O–H groups in total. The van der Waals surface area contributed by atoms with Crippen LogP contribution in [-0.4, -0.2) is 24.6 Å². The van der Waals surface area contributed by atoms with Crippen LogP contribution in [0.4, 0.5) is 0 Å². The SMILES string of the molecule is O=C1NC[C@H](c2ccccc2)[C@@H]1C(=O)N/N=C/c1ccc(Cl)c(Cl)c1. The lowest BCUT2D eigenvalue weighted by Gasteiger charge is -2.15. The Labute approximate surface area is 155 Å². The summed E-state index contributed by atoms with van der Waals surface area (Å²) in [5, 5.41) is 7.49. The van der Waals surface area contributed by atoms with E-state index in [-0.39, 0.29) is 11.8 Å². The number of benzene rings is 2. The van der Waals surface area contributed by atoms with Crippen molar-refractivity contribution in [3.8, 4) is 0 Å². The summed E-state index contributed by atoms with van der Waals surface area (Å²) >= 11 is 11.8. The molecule has 2 atom stereocenters. The highest BCUT2D eigenvalue weighted by atomic mass is 35.5. The van der Waals surface area contributed by atoms with Crippen molar-refractivity contribution in [3.05, 3.63) is 69.7 Å². The topological polar surface area (TPSA) is 70.6 Å². The first-order valence-corrected chi connectivity index (χ1v) is 8.42. The van der Waals surface area contributed by atoms with Gasteiger partial charge in [0.15, 0.2) is 0 Å². The number of hydrogen-bond donors (Lipinski definition) is 2. The fraction of sp³-hybridized carbons (Fsp3) is 0.167. The van der Waals surface area contributed by atoms with Crippen molar-refractivity contribution < 1.29 is 9.59 Å². The Morgan fingerprint density at radius 3 is 2.64 bits per heavy atom. The molecule has 0 radical (unpaired) electrons. The summed E-state index contributed by atoms with van der Waals surface area (Å²) in [4.78, 5) is 24.5. The second-order valence-electron chi connectivity index (χ2n) is 5.65. The molecule has 0 unspecified atom stereocenters. The van der Waals surface area contributed by atoms with E-state index in [1.165, 1.54) is 6.21 Å². The third-order valence-corrected chi connectivity index (χ3v) is 4.76. The van der Waals surface area contributed by atoms with E-state index >= 15 is 0 Å². The Morgan fingerprint density at radius 1 is 1.16 bits per heavy atom. The number of hydrazone groups is 1. The summed E-state index contributed by atoms with van der Waals surface area (Å²) in [7, 11) is 0. The van der Waals surface area contributed by atoms with E-state index in [9.17, 15) is 9.59 Å². The number of hydrogen-bond acceptors (Lipinski definition) is 3. The second-order valence-corrected chi connectivity index (χ2v) is 6.46. The van der Waals surface area contributed by atoms with Crippen molar-refractivity contribution >= 4 is 41.2 Å². The minimum Gasteiger partial charge on any atom is -0.355 e. The standard InChI is InChI=1S/C18H15Cl2N3O2/c19-14-7-6-11(8-15(14)20)9-22-23-18(25)16-13(10-21-17(16)24)12-4-2-1-3-5-12/h1-9,13,16H,10H2,(H,21,24)(H,23,25)/b22-9+/t13-,16+/m1/s1. The Morgan fingerprint density at radius 2 is 1.92 bits per heavy atom. The van der Waals surface area contributed by atoms with Crippen molar-refractivity contribution in [3.63, 3.8) is 0 Å². The molecule has 1 heterocycles. The highest BCUT2D eigenvalue weighted by Gasteiger charge is 2.40. The molecule has 0 aromatic heterocycles. The van der Waals surface area contributed by atoms with Gasteiger partial charge in [-0.1, -0.05) is 59.6 Å². The average molecular weight is 376 g/mol. The van der Waals surface area contributed by atoms with E-state index in [1.54, 1.807) is 18.2 Å². The highest BCUT2D eigenvalue weighted by molar-refractivity contribution is 6.42. The van der Waals surface area contributed by atoms with Crippen molar-refractivity contribution in [1.82, 2.24) is 10.7 Å². The number of carbonyl (C=O) groups excluding carboxylic acids is 2. The van der Waals surface area contributed by atoms with Crippen LogP contribution in [0.1, 0.15) is 17.0 Å². The molecule has 1 aliphatic heterocycles. The first kappa shape index (κ1) is 17.5. The molecule has 2 amide bonds. The van der Waals surface area contributed by atoms with Crippen LogP contribution < -0.4 is 10.7 Å². The van der Waals surface area contributed by atoms with Crippen LogP contribution in [0.15, 0.2) is 53.6 Å². The molecular weight excluding hydrogens is 361 g/mol. The quantitative estimate of drug-likeness (QED) is 0.489. The van der Waals surface area contributed by atoms with Crippen LogP contribution in [0.3, 0.4) is 0 Å². The van der Waals surface area contributed by atoms with E-state index in [4.69, 9.17) is 23.2 Å². The molecule has 0 saturated carbocycles. The van der Waals surface area contributed by atoms with Crippen LogP contribution in [0.2, 0.25) is 10.0 Å². The molecule has 3 rings (SSSR count). The third kappa shape index (κ3) is 4.00. The number of nitrogens with one attached hydrogen (secondary N) is 2. The van der Waals surface area contributed by atoms with E-state index in [2.05, 4.69) is 15.8 Å². The van der Waals surface area contributed by atoms with E-state index in [0.29, 0.717) is 22.2 Å². The molecule has 2 aromatic rings. The lowest BCUT2D eigenvalue weighted by atomic mass is 9.88. The van der Waals surface area contributed by atoms with Gasteiger partial charge in [0, 0.05) is 12.5 Å². The van der Waals surface area contributed by atoms with Gasteiger partial charge in [0.25, 0.3) is 5.91 Å². The van der Waals surface area contributed by atoms with Gasteiger partial charge >= 0.3 is 0 Å². The number of rotatable bonds is 4. The number of halogens is 2. The van der Waals surface area contributed by atoms with Gasteiger partial charge in [-0.3, -0.25) is 9.59 Å². The lowest BCUT2D eigenvalue weighted by molar-refractivity contribution is -0.133. The largest absolute Gasteiger partial charge is 0.355 e. The van der Waals surface area contributed by atoms with Crippen molar-refractivity contribution in [2.24, 2.45) is 11.0 Å². The van der Waals surface area contributed by atoms with Crippen LogP contribution in [0, 0.1) is 5.92 Å². The van der Waals surface area contributed by atoms with Gasteiger partial charge in [-0.25, -0.2) is 5.43 Å². The first-order chi connectivity index (χ1) is 12.1. The lowest BCUT2D eigenvalue weighted by Crippen LogP contribution is -2.34. The third-order valence-electron chi connectivity index (χ3n) is 4.02. The molecule has 2 aromatic carbocycles. The molecule has 0 spiro atoms. The van der Waals surface area contributed by atoms with Crippen molar-refractivity contribution in [1.29, 1.82) is 0 Å². The zero-order valence-corrected chi connectivity index (χ0v) is 14.6. The van der Waals surface area contributed by atoms with Crippen molar-refractivity contribution in [2.45, 2.75) is 5.92 Å². The molecule has 0 aliphatic carbocycles. The summed E-state index contributed by atoms with van der Waals surface area (Å²) in [6.07, 6.45) is 1.45. The van der Waals surface area contributed by atoms with E-state index < -0.39 is 11.8 Å². The molecule has 7 heteroatoms. The minimum absolute atomic E-state index is 0.214. The Hall–Kier alpha value is -2.37. The van der Waals surface area contributed by atoms with Crippen LogP contribution in [-0.2, 0) is 9.59 Å². The summed E-state index contributed by atoms with van der Waals surface area (Å²) in [6.45, 7) is 0.428. The van der Waals surface area contributed by atoms with Gasteiger partial charge in [0.05, 0.1) is 16.3 Å². The summed E-state index contributed by atoms with van der Waals surface area (Å²) in [6, 6.07) is 14.5. The summed E-state index contributed by atoms with van der Waals surface area (Å²) in [5.74, 6) is -1.77. The minimum atomic E-state index is -0.812. The molecular formula is C18H15Cl2N3O2. The zero-order chi connectivity index (χ0) is 17.8. The summed E-state index contributed by atoms with van der Waals surface area (Å²) < 4.78 is 0. The van der Waals surface area contributed by atoms with Gasteiger partial charge in [0.1, 0.15) is 5.92 Å². The van der Waals surface area contributed by atoms with Crippen LogP contribution in [0.5, 0.6) is 0 Å². The summed E-state index contributed by atoms with van der Waals surface area (Å²) in [5.41, 5.74) is 4.06. The molecule has 1 aliphatic rings. The maximum Gasteiger partial charge on any atom is 0.253 e. The van der Waals surface area contributed by atoms with Gasteiger partial charge in [-0.05, 0) is 23.3 Å². The normalized spacial score (nSPS) is 19.8. The van der Waals surface area contributed by atoms with Gasteiger partial charge in [-0.2, -0.15) is 5.10 Å². The monoisotopic (exact) mass is 375 g/mol. The molecule has 5 nitrogen and oxygen atoms in total.